The molecule has 3 rings (SSSR count). The molecule has 1 aromatic carbocycles. The van der Waals surface area contributed by atoms with Crippen molar-refractivity contribution in [3.05, 3.63) is 40.9 Å². The van der Waals surface area contributed by atoms with Crippen LogP contribution in [0.25, 0.3) is 22.4 Å². The second-order valence-corrected chi connectivity index (χ2v) is 4.59. The van der Waals surface area contributed by atoms with Gasteiger partial charge in [0.25, 0.3) is 0 Å². The summed E-state index contributed by atoms with van der Waals surface area (Å²) >= 11 is 6.91. The molecule has 2 aromatic heterocycles. The lowest BCUT2D eigenvalue weighted by Gasteiger charge is -1.98. The van der Waals surface area contributed by atoms with Crippen LogP contribution in [0.15, 0.2) is 36.4 Å². The van der Waals surface area contributed by atoms with Gasteiger partial charge in [0.15, 0.2) is 5.82 Å². The maximum atomic E-state index is 5.75. The van der Waals surface area contributed by atoms with E-state index >= 15 is 0 Å². The first-order chi connectivity index (χ1) is 7.83. The number of benzene rings is 1. The summed E-state index contributed by atoms with van der Waals surface area (Å²) in [5, 5.41) is 1.10. The summed E-state index contributed by atoms with van der Waals surface area (Å²) in [6, 6.07) is 11.8. The van der Waals surface area contributed by atoms with Crippen LogP contribution in [-0.2, 0) is 0 Å². The lowest BCUT2D eigenvalue weighted by Crippen LogP contribution is -1.86. The highest BCUT2D eigenvalue weighted by atomic mass is 35.5. The maximum absolute atomic E-state index is 5.75. The molecule has 0 aliphatic rings. The number of rotatable bonds is 1. The largest absolute Gasteiger partial charge is 0.244 e. The Bertz CT molecular complexity index is 650. The molecule has 0 saturated carbocycles. The summed E-state index contributed by atoms with van der Waals surface area (Å²) in [7, 11) is 0. The van der Waals surface area contributed by atoms with Crippen molar-refractivity contribution in [1.29, 1.82) is 0 Å². The number of pyridine rings is 1. The molecule has 0 bridgehead atoms. The van der Waals surface area contributed by atoms with Crippen LogP contribution >= 0.6 is 23.1 Å². The van der Waals surface area contributed by atoms with E-state index in [1.54, 1.807) is 0 Å². The molecule has 0 aliphatic carbocycles. The van der Waals surface area contributed by atoms with Gasteiger partial charge in [0.05, 0.1) is 5.52 Å². The van der Waals surface area contributed by atoms with Crippen molar-refractivity contribution >= 4 is 34.0 Å². The Morgan fingerprint density at radius 3 is 2.69 bits per heavy atom. The van der Waals surface area contributed by atoms with Gasteiger partial charge in [-0.2, -0.15) is 4.37 Å². The van der Waals surface area contributed by atoms with E-state index in [1.165, 1.54) is 11.5 Å². The van der Waals surface area contributed by atoms with Crippen molar-refractivity contribution in [3.63, 3.8) is 0 Å². The normalized spacial score (nSPS) is 10.8. The van der Waals surface area contributed by atoms with Crippen LogP contribution < -0.4 is 0 Å². The molecule has 0 aliphatic heterocycles. The van der Waals surface area contributed by atoms with Gasteiger partial charge in [-0.05, 0) is 35.3 Å². The van der Waals surface area contributed by atoms with E-state index in [0.29, 0.717) is 10.3 Å². The lowest BCUT2D eigenvalue weighted by molar-refractivity contribution is 1.26. The van der Waals surface area contributed by atoms with Crippen LogP contribution in [0.5, 0.6) is 0 Å². The van der Waals surface area contributed by atoms with Gasteiger partial charge >= 0.3 is 0 Å². The zero-order valence-electron chi connectivity index (χ0n) is 8.09. The second-order valence-electron chi connectivity index (χ2n) is 3.26. The Morgan fingerprint density at radius 1 is 1.00 bits per heavy atom. The summed E-state index contributed by atoms with van der Waals surface area (Å²) in [5.41, 5.74) is 1.69. The number of para-hydroxylation sites is 1. The Balaban J connectivity index is 2.18. The minimum atomic E-state index is 0.435. The van der Waals surface area contributed by atoms with Gasteiger partial charge in [-0.3, -0.25) is 0 Å². The van der Waals surface area contributed by atoms with Crippen LogP contribution in [0.1, 0.15) is 0 Å². The SMILES string of the molecule is Clc1nc(-c2ccc3ccccc3n2)ns1. The molecule has 0 radical (unpaired) electrons. The van der Waals surface area contributed by atoms with Crippen molar-refractivity contribution in [1.82, 2.24) is 14.3 Å². The summed E-state index contributed by atoms with van der Waals surface area (Å²) in [6.07, 6.45) is 0. The smallest absolute Gasteiger partial charge is 0.203 e. The molecule has 16 heavy (non-hydrogen) atoms. The molecule has 0 atom stereocenters. The van der Waals surface area contributed by atoms with Gasteiger partial charge in [-0.25, -0.2) is 9.97 Å². The monoisotopic (exact) mass is 247 g/mol. The summed E-state index contributed by atoms with van der Waals surface area (Å²) in [5.74, 6) is 0.584. The number of fused-ring (bicyclic) bond motifs is 1. The van der Waals surface area contributed by atoms with E-state index in [9.17, 15) is 0 Å². The van der Waals surface area contributed by atoms with Gasteiger partial charge in [0.2, 0.25) is 4.47 Å². The highest BCUT2D eigenvalue weighted by Crippen LogP contribution is 2.21. The predicted molar refractivity (Wildman–Crippen MR) is 65.7 cm³/mol. The average molecular weight is 248 g/mol. The Kier molecular flexibility index (Phi) is 2.31. The van der Waals surface area contributed by atoms with Gasteiger partial charge in [-0.1, -0.05) is 24.3 Å². The first-order valence-corrected chi connectivity index (χ1v) is 5.83. The Morgan fingerprint density at radius 2 is 1.88 bits per heavy atom. The fraction of sp³-hybridized carbons (Fsp3) is 0. The van der Waals surface area contributed by atoms with Crippen molar-refractivity contribution < 1.29 is 0 Å². The lowest BCUT2D eigenvalue weighted by atomic mass is 10.2. The number of nitrogens with zero attached hydrogens (tertiary/aromatic N) is 3. The van der Waals surface area contributed by atoms with E-state index in [1.807, 2.05) is 36.4 Å². The number of hydrogen-bond donors (Lipinski definition) is 0. The molecule has 0 amide bonds. The number of aromatic nitrogens is 3. The van der Waals surface area contributed by atoms with Crippen LogP contribution in [0.2, 0.25) is 4.47 Å². The predicted octanol–water partition coefficient (Wildman–Crippen LogP) is 3.41. The molecule has 2 heterocycles. The molecular weight excluding hydrogens is 242 g/mol. The van der Waals surface area contributed by atoms with Crippen molar-refractivity contribution in [2.45, 2.75) is 0 Å². The number of halogens is 1. The minimum Gasteiger partial charge on any atom is -0.244 e. The third-order valence-electron chi connectivity index (χ3n) is 2.23. The summed E-state index contributed by atoms with van der Waals surface area (Å²) in [6.45, 7) is 0. The van der Waals surface area contributed by atoms with E-state index < -0.39 is 0 Å². The van der Waals surface area contributed by atoms with Gasteiger partial charge in [-0.15, -0.1) is 0 Å². The van der Waals surface area contributed by atoms with E-state index in [4.69, 9.17) is 11.6 Å². The van der Waals surface area contributed by atoms with Crippen molar-refractivity contribution in [2.75, 3.05) is 0 Å². The van der Waals surface area contributed by atoms with Crippen LogP contribution in [0.4, 0.5) is 0 Å². The highest BCUT2D eigenvalue weighted by Gasteiger charge is 2.06. The fourth-order valence-corrected chi connectivity index (χ4v) is 2.11. The zero-order valence-corrected chi connectivity index (χ0v) is 9.66. The summed E-state index contributed by atoms with van der Waals surface area (Å²) in [4.78, 5) is 8.58. The van der Waals surface area contributed by atoms with Crippen LogP contribution in [-0.4, -0.2) is 14.3 Å². The van der Waals surface area contributed by atoms with Crippen LogP contribution in [0.3, 0.4) is 0 Å². The molecule has 0 saturated heterocycles. The Hall–Kier alpha value is -1.52. The highest BCUT2D eigenvalue weighted by molar-refractivity contribution is 7.10. The van der Waals surface area contributed by atoms with Crippen LogP contribution in [0, 0.1) is 0 Å². The fourth-order valence-electron chi connectivity index (χ4n) is 1.50. The quantitative estimate of drug-likeness (QED) is 0.662. The standard InChI is InChI=1S/C11H6ClN3S/c12-11-14-10(15-16-11)9-6-5-7-3-1-2-4-8(7)13-9/h1-6H. The first kappa shape index (κ1) is 9.69. The van der Waals surface area contributed by atoms with Gasteiger partial charge in [0.1, 0.15) is 5.69 Å². The van der Waals surface area contributed by atoms with E-state index in [-0.39, 0.29) is 0 Å². The third kappa shape index (κ3) is 1.66. The molecule has 0 fully saturated rings. The molecular formula is C11H6ClN3S. The third-order valence-corrected chi connectivity index (χ3v) is 3.03. The first-order valence-electron chi connectivity index (χ1n) is 4.68. The molecule has 3 aromatic rings. The second kappa shape index (κ2) is 3.81. The zero-order chi connectivity index (χ0) is 11.0. The van der Waals surface area contributed by atoms with Gasteiger partial charge < -0.3 is 0 Å². The molecule has 5 heteroatoms. The Labute approximate surface area is 101 Å². The van der Waals surface area contributed by atoms with E-state index in [2.05, 4.69) is 14.3 Å². The van der Waals surface area contributed by atoms with Crippen molar-refractivity contribution in [3.8, 4) is 11.5 Å². The van der Waals surface area contributed by atoms with Crippen molar-refractivity contribution in [2.24, 2.45) is 0 Å². The average Bonchev–Trinajstić information content (AvgIpc) is 2.75. The molecule has 0 spiro atoms. The van der Waals surface area contributed by atoms with Gasteiger partial charge in [0, 0.05) is 5.39 Å². The molecule has 3 nitrogen and oxygen atoms in total. The summed E-state index contributed by atoms with van der Waals surface area (Å²) < 4.78 is 4.56. The molecule has 78 valence electrons. The topological polar surface area (TPSA) is 38.7 Å². The van der Waals surface area contributed by atoms with E-state index in [0.717, 1.165) is 16.6 Å². The minimum absolute atomic E-state index is 0.435. The number of hydrogen-bond acceptors (Lipinski definition) is 4. The maximum Gasteiger partial charge on any atom is 0.203 e. The molecule has 0 unspecified atom stereocenters. The molecule has 0 N–H and O–H groups in total.